The molecule has 1 aliphatic rings. The third-order valence-electron chi connectivity index (χ3n) is 2.40. The molecule has 64 valence electrons. The predicted octanol–water partition coefficient (Wildman–Crippen LogP) is 2.44. The fourth-order valence-electron chi connectivity index (χ4n) is 1.75. The molecule has 1 heteroatoms. The number of hydrogen-bond donors (Lipinski definition) is 0. The van der Waals surface area contributed by atoms with E-state index in [-0.39, 0.29) is 0 Å². The van der Waals surface area contributed by atoms with E-state index in [1.54, 1.807) is 0 Å². The first-order chi connectivity index (χ1) is 5.38. The summed E-state index contributed by atoms with van der Waals surface area (Å²) in [5, 5.41) is 0. The van der Waals surface area contributed by atoms with Crippen LogP contribution in [0.15, 0.2) is 12.2 Å². The van der Waals surface area contributed by atoms with Crippen molar-refractivity contribution in [1.82, 2.24) is 4.90 Å². The smallest absolute Gasteiger partial charge is 0.0278 e. The number of nitrogens with zero attached hydrogens (tertiary/aromatic N) is 1. The van der Waals surface area contributed by atoms with Crippen molar-refractivity contribution in [3.63, 3.8) is 0 Å². The molecular formula is C10H19N. The predicted molar refractivity (Wildman–Crippen MR) is 49.7 cm³/mol. The van der Waals surface area contributed by atoms with E-state index in [1.165, 1.54) is 32.4 Å². The Bertz CT molecular complexity index is 129. The number of likely N-dealkylation sites (N-methyl/N-ethyl adjacent to an activating group) is 1. The van der Waals surface area contributed by atoms with E-state index in [0.29, 0.717) is 0 Å². The Balaban J connectivity index is 2.43. The number of hydrogen-bond acceptors (Lipinski definition) is 1. The summed E-state index contributed by atoms with van der Waals surface area (Å²) in [7, 11) is 0. The molecule has 0 saturated heterocycles. The lowest BCUT2D eigenvalue weighted by Crippen LogP contribution is -2.36. The van der Waals surface area contributed by atoms with Crippen LogP contribution in [0.2, 0.25) is 0 Å². The summed E-state index contributed by atoms with van der Waals surface area (Å²) in [6, 6.07) is 0.735. The van der Waals surface area contributed by atoms with E-state index in [9.17, 15) is 0 Å². The number of rotatable bonds is 3. The SMILES string of the molecule is CCCC1C=CCCN1CC. The quantitative estimate of drug-likeness (QED) is 0.563. The zero-order chi connectivity index (χ0) is 8.10. The summed E-state index contributed by atoms with van der Waals surface area (Å²) >= 11 is 0. The Morgan fingerprint density at radius 3 is 2.91 bits per heavy atom. The lowest BCUT2D eigenvalue weighted by molar-refractivity contribution is 0.224. The fourth-order valence-corrected chi connectivity index (χ4v) is 1.75. The van der Waals surface area contributed by atoms with Crippen molar-refractivity contribution < 1.29 is 0 Å². The van der Waals surface area contributed by atoms with E-state index in [4.69, 9.17) is 0 Å². The largest absolute Gasteiger partial charge is 0.297 e. The van der Waals surface area contributed by atoms with Crippen LogP contribution in [0.1, 0.15) is 33.1 Å². The third-order valence-corrected chi connectivity index (χ3v) is 2.40. The summed E-state index contributed by atoms with van der Waals surface area (Å²) in [5.41, 5.74) is 0. The molecule has 1 rings (SSSR count). The minimum Gasteiger partial charge on any atom is -0.297 e. The summed E-state index contributed by atoms with van der Waals surface area (Å²) in [4.78, 5) is 2.56. The van der Waals surface area contributed by atoms with E-state index < -0.39 is 0 Å². The minimum absolute atomic E-state index is 0.735. The molecule has 11 heavy (non-hydrogen) atoms. The van der Waals surface area contributed by atoms with Crippen molar-refractivity contribution in [2.24, 2.45) is 0 Å². The van der Waals surface area contributed by atoms with Gasteiger partial charge in [0.1, 0.15) is 0 Å². The van der Waals surface area contributed by atoms with Gasteiger partial charge in [0, 0.05) is 12.6 Å². The summed E-state index contributed by atoms with van der Waals surface area (Å²) in [6.45, 7) is 6.98. The zero-order valence-electron chi connectivity index (χ0n) is 7.71. The van der Waals surface area contributed by atoms with Crippen LogP contribution in [-0.2, 0) is 0 Å². The van der Waals surface area contributed by atoms with Crippen molar-refractivity contribution in [3.8, 4) is 0 Å². The van der Waals surface area contributed by atoms with Gasteiger partial charge in [-0.25, -0.2) is 0 Å². The highest BCUT2D eigenvalue weighted by Gasteiger charge is 2.14. The van der Waals surface area contributed by atoms with Gasteiger partial charge in [-0.3, -0.25) is 4.90 Å². The standard InChI is InChI=1S/C10H19N/c1-3-7-10-8-5-6-9-11(10)4-2/h5,8,10H,3-4,6-7,9H2,1-2H3. The molecule has 0 bridgehead atoms. The molecular weight excluding hydrogens is 134 g/mol. The molecule has 0 aromatic heterocycles. The van der Waals surface area contributed by atoms with Gasteiger partial charge in [0.15, 0.2) is 0 Å². The van der Waals surface area contributed by atoms with Crippen molar-refractivity contribution in [3.05, 3.63) is 12.2 Å². The Hall–Kier alpha value is -0.300. The van der Waals surface area contributed by atoms with Crippen molar-refractivity contribution in [2.75, 3.05) is 13.1 Å². The zero-order valence-corrected chi connectivity index (χ0v) is 7.71. The topological polar surface area (TPSA) is 3.24 Å². The average molecular weight is 153 g/mol. The second-order valence-corrected chi connectivity index (χ2v) is 3.20. The maximum absolute atomic E-state index is 2.56. The Morgan fingerprint density at radius 1 is 1.45 bits per heavy atom. The average Bonchev–Trinajstić information content (AvgIpc) is 2.06. The maximum Gasteiger partial charge on any atom is 0.0278 e. The van der Waals surface area contributed by atoms with Crippen LogP contribution in [0.25, 0.3) is 0 Å². The molecule has 1 unspecified atom stereocenters. The molecule has 1 atom stereocenters. The van der Waals surface area contributed by atoms with Crippen LogP contribution in [0.5, 0.6) is 0 Å². The van der Waals surface area contributed by atoms with E-state index >= 15 is 0 Å². The molecule has 0 saturated carbocycles. The summed E-state index contributed by atoms with van der Waals surface area (Å²) < 4.78 is 0. The van der Waals surface area contributed by atoms with Crippen LogP contribution in [0.3, 0.4) is 0 Å². The fraction of sp³-hybridized carbons (Fsp3) is 0.800. The summed E-state index contributed by atoms with van der Waals surface area (Å²) in [5.74, 6) is 0. The molecule has 0 N–H and O–H groups in total. The Morgan fingerprint density at radius 2 is 2.27 bits per heavy atom. The third kappa shape index (κ3) is 2.33. The molecule has 1 aliphatic heterocycles. The maximum atomic E-state index is 2.56. The monoisotopic (exact) mass is 153 g/mol. The summed E-state index contributed by atoms with van der Waals surface area (Å²) in [6.07, 6.45) is 8.56. The normalized spacial score (nSPS) is 25.8. The van der Waals surface area contributed by atoms with E-state index in [2.05, 4.69) is 30.9 Å². The molecule has 1 nitrogen and oxygen atoms in total. The van der Waals surface area contributed by atoms with Crippen LogP contribution in [0.4, 0.5) is 0 Å². The van der Waals surface area contributed by atoms with Gasteiger partial charge in [-0.05, 0) is 19.4 Å². The highest BCUT2D eigenvalue weighted by molar-refractivity contribution is 4.98. The first-order valence-electron chi connectivity index (χ1n) is 4.79. The highest BCUT2D eigenvalue weighted by atomic mass is 15.1. The molecule has 0 aliphatic carbocycles. The first-order valence-corrected chi connectivity index (χ1v) is 4.79. The van der Waals surface area contributed by atoms with E-state index in [0.717, 1.165) is 6.04 Å². The van der Waals surface area contributed by atoms with Crippen molar-refractivity contribution in [2.45, 2.75) is 39.2 Å². The van der Waals surface area contributed by atoms with Gasteiger partial charge in [-0.15, -0.1) is 0 Å². The first kappa shape index (κ1) is 8.79. The van der Waals surface area contributed by atoms with Crippen molar-refractivity contribution >= 4 is 0 Å². The van der Waals surface area contributed by atoms with Gasteiger partial charge in [-0.1, -0.05) is 32.4 Å². The lowest BCUT2D eigenvalue weighted by Gasteiger charge is -2.30. The second kappa shape index (κ2) is 4.55. The Labute approximate surface area is 70.1 Å². The minimum atomic E-state index is 0.735. The molecule has 0 fully saturated rings. The molecule has 0 aromatic rings. The second-order valence-electron chi connectivity index (χ2n) is 3.20. The molecule has 0 aromatic carbocycles. The van der Waals surface area contributed by atoms with Gasteiger partial charge in [0.2, 0.25) is 0 Å². The van der Waals surface area contributed by atoms with Crippen LogP contribution >= 0.6 is 0 Å². The van der Waals surface area contributed by atoms with E-state index in [1.807, 2.05) is 0 Å². The van der Waals surface area contributed by atoms with Crippen LogP contribution in [-0.4, -0.2) is 24.0 Å². The molecule has 1 heterocycles. The molecule has 0 radical (unpaired) electrons. The highest BCUT2D eigenvalue weighted by Crippen LogP contribution is 2.13. The van der Waals surface area contributed by atoms with Gasteiger partial charge in [-0.2, -0.15) is 0 Å². The van der Waals surface area contributed by atoms with Gasteiger partial charge < -0.3 is 0 Å². The lowest BCUT2D eigenvalue weighted by atomic mass is 10.1. The Kier molecular flexibility index (Phi) is 3.64. The van der Waals surface area contributed by atoms with Crippen LogP contribution in [0, 0.1) is 0 Å². The van der Waals surface area contributed by atoms with Gasteiger partial charge in [0.25, 0.3) is 0 Å². The van der Waals surface area contributed by atoms with Crippen molar-refractivity contribution in [1.29, 1.82) is 0 Å². The van der Waals surface area contributed by atoms with Crippen LogP contribution < -0.4 is 0 Å². The van der Waals surface area contributed by atoms with Gasteiger partial charge >= 0.3 is 0 Å². The molecule has 0 spiro atoms. The van der Waals surface area contributed by atoms with Gasteiger partial charge in [0.05, 0.1) is 0 Å². The molecule has 0 amide bonds.